The molecule has 0 saturated carbocycles. The highest BCUT2D eigenvalue weighted by Gasteiger charge is 2.20. The van der Waals surface area contributed by atoms with Crippen molar-refractivity contribution < 1.29 is 14.3 Å². The number of aromatic nitrogens is 1. The molecule has 0 spiro atoms. The van der Waals surface area contributed by atoms with Gasteiger partial charge in [0.1, 0.15) is 18.5 Å². The topological polar surface area (TPSA) is 51.3 Å². The summed E-state index contributed by atoms with van der Waals surface area (Å²) in [7, 11) is 0. The number of ether oxygens (including phenoxy) is 2. The van der Waals surface area contributed by atoms with Crippen molar-refractivity contribution in [1.82, 2.24) is 4.98 Å². The van der Waals surface area contributed by atoms with Crippen molar-refractivity contribution in [3.05, 3.63) is 102 Å². The van der Waals surface area contributed by atoms with E-state index >= 15 is 0 Å². The van der Waals surface area contributed by atoms with Gasteiger partial charge in [0.25, 0.3) is 0 Å². The fraction of sp³-hybridized carbons (Fsp3) is 0.125. The number of esters is 1. The lowest BCUT2D eigenvalue weighted by Crippen LogP contribution is -2.15. The molecule has 28 heavy (non-hydrogen) atoms. The maximum Gasteiger partial charge on any atom is 0.310 e. The Balaban J connectivity index is 1.51. The Hall–Kier alpha value is -3.53. The molecule has 1 atom stereocenters. The van der Waals surface area contributed by atoms with Crippen molar-refractivity contribution in [3.8, 4) is 5.75 Å². The number of carbonyl (C=O) groups is 1. The van der Waals surface area contributed by atoms with E-state index < -0.39 is 6.10 Å². The number of fused-ring (bicyclic) bond motifs is 1. The van der Waals surface area contributed by atoms with Crippen LogP contribution in [0.15, 0.2) is 91.1 Å². The molecule has 4 rings (SSSR count). The molecule has 4 aromatic rings. The molecule has 3 aromatic carbocycles. The van der Waals surface area contributed by atoms with E-state index in [9.17, 15) is 4.79 Å². The molecule has 1 aromatic heterocycles. The quantitative estimate of drug-likeness (QED) is 0.441. The van der Waals surface area contributed by atoms with Gasteiger partial charge in [-0.05, 0) is 29.3 Å². The molecule has 4 heteroatoms. The smallest absolute Gasteiger partial charge is 0.310 e. The van der Waals surface area contributed by atoms with Crippen molar-refractivity contribution in [3.63, 3.8) is 0 Å². The summed E-state index contributed by atoms with van der Waals surface area (Å²) >= 11 is 0. The molecule has 4 nitrogen and oxygen atoms in total. The summed E-state index contributed by atoms with van der Waals surface area (Å²) in [6.07, 6.45) is 1.59. The zero-order chi connectivity index (χ0) is 19.2. The van der Waals surface area contributed by atoms with Crippen LogP contribution < -0.4 is 4.74 Å². The molecule has 0 bridgehead atoms. The molecule has 0 aliphatic heterocycles. The van der Waals surface area contributed by atoms with Gasteiger partial charge in [0.05, 0.1) is 6.42 Å². The first-order valence-corrected chi connectivity index (χ1v) is 9.27. The fourth-order valence-corrected chi connectivity index (χ4v) is 3.16. The number of aromatic amines is 1. The molecule has 0 amide bonds. The summed E-state index contributed by atoms with van der Waals surface area (Å²) in [6.45, 7) is 0.259. The van der Waals surface area contributed by atoms with Crippen molar-refractivity contribution in [1.29, 1.82) is 0 Å². The van der Waals surface area contributed by atoms with Gasteiger partial charge >= 0.3 is 5.97 Å². The first-order chi connectivity index (χ1) is 13.8. The molecule has 0 aliphatic carbocycles. The molecular formula is C24H21NO3. The molecule has 0 radical (unpaired) electrons. The standard InChI is InChI=1S/C24H21NO3/c26-24(27-17-18-8-3-1-4-9-18)16-23(19-10-5-2-6-11-19)28-22-13-7-12-21-20(22)14-15-25-21/h1-15,23,25H,16-17H2. The summed E-state index contributed by atoms with van der Waals surface area (Å²) in [5, 5.41) is 0.987. The van der Waals surface area contributed by atoms with Gasteiger partial charge in [0.2, 0.25) is 0 Å². The average molecular weight is 371 g/mol. The number of hydrogen-bond acceptors (Lipinski definition) is 3. The SMILES string of the molecule is O=C(CC(Oc1cccc2[nH]ccc12)c1ccccc1)OCc1ccccc1. The van der Waals surface area contributed by atoms with Gasteiger partial charge in [-0.15, -0.1) is 0 Å². The van der Waals surface area contributed by atoms with E-state index in [-0.39, 0.29) is 19.0 Å². The van der Waals surface area contributed by atoms with Crippen molar-refractivity contribution in [2.24, 2.45) is 0 Å². The number of benzene rings is 3. The van der Waals surface area contributed by atoms with E-state index in [1.807, 2.05) is 91.1 Å². The third-order valence-electron chi connectivity index (χ3n) is 4.59. The highest BCUT2D eigenvalue weighted by atomic mass is 16.5. The second-order valence-corrected chi connectivity index (χ2v) is 6.56. The van der Waals surface area contributed by atoms with Gasteiger partial charge in [-0.1, -0.05) is 66.7 Å². The number of rotatable bonds is 7. The molecule has 1 unspecified atom stereocenters. The summed E-state index contributed by atoms with van der Waals surface area (Å²) in [5.74, 6) is 0.447. The molecule has 1 N–H and O–H groups in total. The molecule has 0 saturated heterocycles. The van der Waals surface area contributed by atoms with Crippen LogP contribution in [0.5, 0.6) is 5.75 Å². The minimum absolute atomic E-state index is 0.137. The zero-order valence-corrected chi connectivity index (χ0v) is 15.4. The minimum atomic E-state index is -0.426. The van der Waals surface area contributed by atoms with Crippen molar-refractivity contribution in [2.45, 2.75) is 19.1 Å². The Morgan fingerprint density at radius 1 is 0.857 bits per heavy atom. The fourth-order valence-electron chi connectivity index (χ4n) is 3.16. The molecule has 1 heterocycles. The third kappa shape index (κ3) is 4.23. The van der Waals surface area contributed by atoms with Gasteiger partial charge in [0, 0.05) is 17.1 Å². The Morgan fingerprint density at radius 2 is 1.61 bits per heavy atom. The number of nitrogens with one attached hydrogen (secondary N) is 1. The Bertz CT molecular complexity index is 1040. The predicted molar refractivity (Wildman–Crippen MR) is 109 cm³/mol. The van der Waals surface area contributed by atoms with Crippen LogP contribution >= 0.6 is 0 Å². The summed E-state index contributed by atoms with van der Waals surface area (Å²) in [6, 6.07) is 27.2. The van der Waals surface area contributed by atoms with Gasteiger partial charge in [-0.3, -0.25) is 4.79 Å². The molecule has 0 aliphatic rings. The first-order valence-electron chi connectivity index (χ1n) is 9.27. The second kappa shape index (κ2) is 8.44. The lowest BCUT2D eigenvalue weighted by atomic mass is 10.1. The van der Waals surface area contributed by atoms with Crippen molar-refractivity contribution in [2.75, 3.05) is 0 Å². The van der Waals surface area contributed by atoms with Gasteiger partial charge in [-0.25, -0.2) is 0 Å². The number of H-pyrrole nitrogens is 1. The Kier molecular flexibility index (Phi) is 5.38. The van der Waals surface area contributed by atoms with Crippen LogP contribution in [0.2, 0.25) is 0 Å². The van der Waals surface area contributed by atoms with Crippen LogP contribution in [0.1, 0.15) is 23.7 Å². The van der Waals surface area contributed by atoms with E-state index in [1.165, 1.54) is 0 Å². The van der Waals surface area contributed by atoms with Gasteiger partial charge in [-0.2, -0.15) is 0 Å². The van der Waals surface area contributed by atoms with Crippen LogP contribution in [0.25, 0.3) is 10.9 Å². The third-order valence-corrected chi connectivity index (χ3v) is 4.59. The van der Waals surface area contributed by atoms with Gasteiger partial charge in [0.15, 0.2) is 0 Å². The predicted octanol–water partition coefficient (Wildman–Crippen LogP) is 5.42. The summed E-state index contributed by atoms with van der Waals surface area (Å²) in [4.78, 5) is 15.7. The lowest BCUT2D eigenvalue weighted by molar-refractivity contribution is -0.146. The highest BCUT2D eigenvalue weighted by Crippen LogP contribution is 2.31. The van der Waals surface area contributed by atoms with Gasteiger partial charge < -0.3 is 14.5 Å². The minimum Gasteiger partial charge on any atom is -0.484 e. The van der Waals surface area contributed by atoms with Crippen LogP contribution in [0, 0.1) is 0 Å². The summed E-state index contributed by atoms with van der Waals surface area (Å²) < 4.78 is 11.7. The highest BCUT2D eigenvalue weighted by molar-refractivity contribution is 5.85. The largest absolute Gasteiger partial charge is 0.484 e. The maximum absolute atomic E-state index is 12.5. The molecule has 0 fully saturated rings. The van der Waals surface area contributed by atoms with Crippen LogP contribution in [0.4, 0.5) is 0 Å². The van der Waals surface area contributed by atoms with Crippen LogP contribution in [0.3, 0.4) is 0 Å². The normalized spacial score (nSPS) is 11.9. The van der Waals surface area contributed by atoms with E-state index in [1.54, 1.807) is 0 Å². The zero-order valence-electron chi connectivity index (χ0n) is 15.4. The average Bonchev–Trinajstić information content (AvgIpc) is 3.23. The number of carbonyl (C=O) groups excluding carboxylic acids is 1. The molecule has 140 valence electrons. The van der Waals surface area contributed by atoms with E-state index in [0.717, 1.165) is 27.8 Å². The first kappa shape index (κ1) is 17.9. The number of hydrogen-bond donors (Lipinski definition) is 1. The van der Waals surface area contributed by atoms with E-state index in [4.69, 9.17) is 9.47 Å². The lowest BCUT2D eigenvalue weighted by Gasteiger charge is -2.20. The monoisotopic (exact) mass is 371 g/mol. The van der Waals surface area contributed by atoms with E-state index in [2.05, 4.69) is 4.98 Å². The maximum atomic E-state index is 12.5. The van der Waals surface area contributed by atoms with E-state index in [0.29, 0.717) is 0 Å². The van der Waals surface area contributed by atoms with Crippen LogP contribution in [-0.4, -0.2) is 11.0 Å². The second-order valence-electron chi connectivity index (χ2n) is 6.56. The van der Waals surface area contributed by atoms with Crippen LogP contribution in [-0.2, 0) is 16.1 Å². The summed E-state index contributed by atoms with van der Waals surface area (Å²) in [5.41, 5.74) is 2.90. The molecular weight excluding hydrogens is 350 g/mol. The Morgan fingerprint density at radius 3 is 2.39 bits per heavy atom. The van der Waals surface area contributed by atoms with Crippen molar-refractivity contribution >= 4 is 16.9 Å². The Labute approximate surface area is 163 Å².